The van der Waals surface area contributed by atoms with E-state index in [1.165, 1.54) is 20.2 Å². The largest absolute Gasteiger partial charge is 0.310 e. The summed E-state index contributed by atoms with van der Waals surface area (Å²) in [5.41, 5.74) is 5.57. The average molecular weight is 640 g/mol. The van der Waals surface area contributed by atoms with Crippen LogP contribution >= 0.6 is 11.3 Å². The van der Waals surface area contributed by atoms with Crippen LogP contribution < -0.4 is 4.90 Å². The Kier molecular flexibility index (Phi) is 4.91. The van der Waals surface area contributed by atoms with E-state index in [-0.39, 0.29) is 35.3 Å². The van der Waals surface area contributed by atoms with Gasteiger partial charge in [-0.25, -0.2) is 0 Å². The summed E-state index contributed by atoms with van der Waals surface area (Å²) >= 11 is 1.77. The Morgan fingerprint density at radius 3 is 1.60 bits per heavy atom. The molecule has 0 unspecified atom stereocenters. The van der Waals surface area contributed by atoms with Crippen molar-refractivity contribution < 1.29 is 13.7 Å². The summed E-state index contributed by atoms with van der Waals surface area (Å²) in [5.74, 6) is 0. The van der Waals surface area contributed by atoms with Crippen molar-refractivity contribution in [3.05, 3.63) is 188 Å². The van der Waals surface area contributed by atoms with Crippen LogP contribution in [-0.2, 0) is 0 Å². The van der Waals surface area contributed by atoms with Crippen molar-refractivity contribution in [1.29, 1.82) is 0 Å². The van der Waals surface area contributed by atoms with Crippen LogP contribution in [-0.4, -0.2) is 0 Å². The number of benzene rings is 8. The predicted molar refractivity (Wildman–Crippen MR) is 208 cm³/mol. The van der Waals surface area contributed by atoms with E-state index in [1.807, 2.05) is 42.5 Å². The van der Waals surface area contributed by atoms with Crippen LogP contribution in [0.2, 0.25) is 0 Å². The minimum atomic E-state index is -0.451. The predicted octanol–water partition coefficient (Wildman–Crippen LogP) is 13.7. The first-order valence-electron chi connectivity index (χ1n) is 20.5. The molecule has 0 bridgehead atoms. The Bertz CT molecular complexity index is 2950. The number of hydrogen-bond acceptors (Lipinski definition) is 2. The maximum atomic E-state index is 8.55. The van der Waals surface area contributed by atoms with Crippen LogP contribution in [0.15, 0.2) is 188 Å². The molecule has 0 saturated carbocycles. The van der Waals surface area contributed by atoms with Gasteiger partial charge in [0.25, 0.3) is 0 Å². The number of hydrogen-bond donors (Lipinski definition) is 0. The van der Waals surface area contributed by atoms with Crippen molar-refractivity contribution in [2.45, 2.75) is 0 Å². The fraction of sp³-hybridized carbons (Fsp3) is 0. The van der Waals surface area contributed by atoms with E-state index in [2.05, 4.69) is 65.6 Å². The monoisotopic (exact) mass is 639 g/mol. The van der Waals surface area contributed by atoms with E-state index < -0.39 is 36.3 Å². The molecule has 0 radical (unpaired) electrons. The van der Waals surface area contributed by atoms with E-state index >= 15 is 0 Å². The van der Waals surface area contributed by atoms with E-state index in [1.54, 1.807) is 35.6 Å². The smallest absolute Gasteiger partial charge is 0.0629 e. The third-order valence-corrected chi connectivity index (χ3v) is 9.81. The molecule has 0 aliphatic rings. The molecule has 0 N–H and O–H groups in total. The molecule has 9 rings (SSSR count). The van der Waals surface area contributed by atoms with Gasteiger partial charge in [0.1, 0.15) is 0 Å². The van der Waals surface area contributed by atoms with Gasteiger partial charge in [0.05, 0.1) is 19.4 Å². The quantitative estimate of drug-likeness (QED) is 0.175. The van der Waals surface area contributed by atoms with Crippen molar-refractivity contribution in [1.82, 2.24) is 0 Å². The molecular weight excluding hydrogens is 599 g/mol. The van der Waals surface area contributed by atoms with Gasteiger partial charge in [-0.1, -0.05) is 139 Å². The first kappa shape index (κ1) is 19.6. The second-order valence-corrected chi connectivity index (χ2v) is 12.5. The summed E-state index contributed by atoms with van der Waals surface area (Å²) in [4.78, 5) is 2.05. The lowest BCUT2D eigenvalue weighted by molar-refractivity contribution is 1.30. The van der Waals surface area contributed by atoms with Crippen LogP contribution in [0.1, 0.15) is 13.7 Å². The van der Waals surface area contributed by atoms with Gasteiger partial charge in [-0.2, -0.15) is 0 Å². The standard InChI is InChI=1S/C46H31NS/c1-3-11-32(12-4-1)34-21-26-37(27-22-34)47(38-28-23-35(24-29-38)33-13-5-2-6-14-33)44-19-10-17-40-39(16-9-18-41(40)44)36-25-30-46-43(31-36)42-15-7-8-20-45(42)48-46/h1-31H/i1D,2D,3D,4D,5D,6D,11D,12D,13D,14D. The SMILES string of the molecule is [2H]c1c([2H])c([2H])c(-c2ccc(N(c3ccc(-c4c([2H])c([2H])c([2H])c([2H])c4[2H])cc3)c3cccc4c(-c5ccc6sc7ccccc7c6c5)cccc34)cc2)c([2H])c1[2H]. The van der Waals surface area contributed by atoms with E-state index in [0.29, 0.717) is 11.1 Å². The molecule has 48 heavy (non-hydrogen) atoms. The normalized spacial score (nSPS) is 14.2. The van der Waals surface area contributed by atoms with Gasteiger partial charge in [-0.15, -0.1) is 11.3 Å². The van der Waals surface area contributed by atoms with Crippen LogP contribution in [0.25, 0.3) is 64.3 Å². The van der Waals surface area contributed by atoms with Gasteiger partial charge in [0.2, 0.25) is 0 Å². The molecule has 0 spiro atoms. The van der Waals surface area contributed by atoms with Crippen molar-refractivity contribution in [2.24, 2.45) is 0 Å². The summed E-state index contributed by atoms with van der Waals surface area (Å²) < 4.78 is 85.6. The summed E-state index contributed by atoms with van der Waals surface area (Å²) in [6, 6.07) is 38.1. The number of anilines is 3. The fourth-order valence-electron chi connectivity index (χ4n) is 6.40. The molecule has 226 valence electrons. The summed E-state index contributed by atoms with van der Waals surface area (Å²) in [7, 11) is 0. The molecule has 2 heteroatoms. The number of thiophene rings is 1. The number of fused-ring (bicyclic) bond motifs is 4. The Morgan fingerprint density at radius 2 is 0.938 bits per heavy atom. The topological polar surface area (TPSA) is 3.24 Å². The van der Waals surface area contributed by atoms with Crippen molar-refractivity contribution in [2.75, 3.05) is 4.90 Å². The molecule has 9 aromatic rings. The molecule has 1 heterocycles. The third kappa shape index (κ3) is 5.04. The molecule has 1 nitrogen and oxygen atoms in total. The van der Waals surface area contributed by atoms with Crippen molar-refractivity contribution in [3.8, 4) is 33.4 Å². The lowest BCUT2D eigenvalue weighted by Crippen LogP contribution is -2.10. The molecule has 1 aromatic heterocycles. The lowest BCUT2D eigenvalue weighted by atomic mass is 9.95. The molecule has 0 aliphatic carbocycles. The Balaban J connectivity index is 1.22. The van der Waals surface area contributed by atoms with Crippen LogP contribution in [0.4, 0.5) is 17.1 Å². The third-order valence-electron chi connectivity index (χ3n) is 8.66. The summed E-state index contributed by atoms with van der Waals surface area (Å²) in [6.07, 6.45) is 0. The molecule has 0 saturated heterocycles. The maximum Gasteiger partial charge on any atom is 0.0629 e. The molecule has 0 aliphatic heterocycles. The highest BCUT2D eigenvalue weighted by Gasteiger charge is 2.18. The van der Waals surface area contributed by atoms with Crippen LogP contribution in [0.3, 0.4) is 0 Å². The molecule has 0 atom stereocenters. The first-order chi connectivity index (χ1) is 27.9. The first-order valence-corrected chi connectivity index (χ1v) is 16.3. The second kappa shape index (κ2) is 12.0. The van der Waals surface area contributed by atoms with Gasteiger partial charge < -0.3 is 4.90 Å². The highest BCUT2D eigenvalue weighted by atomic mass is 32.1. The molecule has 8 aromatic carbocycles. The highest BCUT2D eigenvalue weighted by Crippen LogP contribution is 2.43. The fourth-order valence-corrected chi connectivity index (χ4v) is 7.49. The van der Waals surface area contributed by atoms with Gasteiger partial charge in [0.15, 0.2) is 0 Å². The number of nitrogens with zero attached hydrogens (tertiary/aromatic N) is 1. The number of rotatable bonds is 6. The maximum absolute atomic E-state index is 8.55. The Hall–Kier alpha value is -5.96. The van der Waals surface area contributed by atoms with Gasteiger partial charge in [-0.05, 0) is 87.3 Å². The van der Waals surface area contributed by atoms with Gasteiger partial charge in [0, 0.05) is 36.9 Å². The highest BCUT2D eigenvalue weighted by molar-refractivity contribution is 7.25. The van der Waals surface area contributed by atoms with E-state index in [9.17, 15) is 0 Å². The van der Waals surface area contributed by atoms with E-state index in [0.717, 1.165) is 39.0 Å². The van der Waals surface area contributed by atoms with Crippen LogP contribution in [0.5, 0.6) is 0 Å². The zero-order chi connectivity index (χ0) is 40.6. The Morgan fingerprint density at radius 1 is 0.396 bits per heavy atom. The average Bonchev–Trinajstić information content (AvgIpc) is 3.63. The summed E-state index contributed by atoms with van der Waals surface area (Å²) in [5, 5.41) is 4.40. The van der Waals surface area contributed by atoms with Crippen molar-refractivity contribution in [3.63, 3.8) is 0 Å². The van der Waals surface area contributed by atoms with Crippen molar-refractivity contribution >= 4 is 59.3 Å². The molecular formula is C46H31NS. The lowest BCUT2D eigenvalue weighted by Gasteiger charge is -2.27. The Labute approximate surface area is 298 Å². The van der Waals surface area contributed by atoms with Gasteiger partial charge in [-0.3, -0.25) is 0 Å². The van der Waals surface area contributed by atoms with Gasteiger partial charge >= 0.3 is 0 Å². The molecule has 0 amide bonds. The van der Waals surface area contributed by atoms with Crippen LogP contribution in [0, 0.1) is 0 Å². The molecule has 0 fully saturated rings. The summed E-state index contributed by atoms with van der Waals surface area (Å²) in [6.45, 7) is 0. The second-order valence-electron chi connectivity index (χ2n) is 11.4. The minimum Gasteiger partial charge on any atom is -0.310 e. The zero-order valence-electron chi connectivity index (χ0n) is 35.5. The van der Waals surface area contributed by atoms with E-state index in [4.69, 9.17) is 13.7 Å². The minimum absolute atomic E-state index is 0.109. The zero-order valence-corrected chi connectivity index (χ0v) is 26.3.